The van der Waals surface area contributed by atoms with Crippen molar-refractivity contribution in [3.05, 3.63) is 161 Å². The summed E-state index contributed by atoms with van der Waals surface area (Å²) >= 11 is 0. The zero-order chi connectivity index (χ0) is 32.6. The van der Waals surface area contributed by atoms with E-state index in [4.69, 9.17) is 0 Å². The Bertz CT molecular complexity index is 1600. The molecule has 0 aliphatic carbocycles. The predicted molar refractivity (Wildman–Crippen MR) is 202 cm³/mol. The van der Waals surface area contributed by atoms with Gasteiger partial charge >= 0.3 is 0 Å². The van der Waals surface area contributed by atoms with Crippen LogP contribution in [-0.4, -0.2) is 0 Å². The molecular weight excluding hydrogens is 540 g/mol. The van der Waals surface area contributed by atoms with Crippen molar-refractivity contribution in [2.45, 2.75) is 80.6 Å². The molecule has 45 heavy (non-hydrogen) atoms. The smallest absolute Gasteiger partial charge is 0.0149 e. The molecular formula is C45H54. The standard InChI is InChI=1S/C38H42.C7H12/c1-27(2)23-24-32(34-18-11-19-35(26-34)33-17-9-13-28(3)25-33)16-10-15-29(4)36-21-12-22-38(31(36)6)37-20-8-7-14-30(37)5;1-3-5-7-6-4-2/h7-9,11-14,16-27,29H,10,15H2,1-6H3;3,5-7H,4H2,1-2H3/b24-23-,32-16+;5-3-,7-6-. The first-order chi connectivity index (χ1) is 21.7. The highest BCUT2D eigenvalue weighted by Crippen LogP contribution is 2.33. The van der Waals surface area contributed by atoms with Gasteiger partial charge in [0.15, 0.2) is 0 Å². The molecule has 4 rings (SSSR count). The van der Waals surface area contributed by atoms with Crippen LogP contribution in [0.15, 0.2) is 134 Å². The van der Waals surface area contributed by atoms with Crippen LogP contribution in [0.2, 0.25) is 0 Å². The summed E-state index contributed by atoms with van der Waals surface area (Å²) in [5.41, 5.74) is 13.3. The Morgan fingerprint density at radius 3 is 2.11 bits per heavy atom. The van der Waals surface area contributed by atoms with Crippen LogP contribution in [0.5, 0.6) is 0 Å². The zero-order valence-corrected chi connectivity index (χ0v) is 29.0. The SMILES string of the molecule is C/C=C\C=C/CC.Cc1cccc(-c2cccc(C(/C=C\C(C)C)=C/CCC(C)c3cccc(-c4ccccc4C)c3C)c2)c1. The fourth-order valence-electron chi connectivity index (χ4n) is 5.61. The maximum Gasteiger partial charge on any atom is -0.0149 e. The lowest BCUT2D eigenvalue weighted by Crippen LogP contribution is -1.99. The first-order valence-electron chi connectivity index (χ1n) is 16.7. The second-order valence-corrected chi connectivity index (χ2v) is 12.4. The van der Waals surface area contributed by atoms with Crippen LogP contribution < -0.4 is 0 Å². The average molecular weight is 595 g/mol. The third-order valence-corrected chi connectivity index (χ3v) is 8.19. The first-order valence-corrected chi connectivity index (χ1v) is 16.7. The Balaban J connectivity index is 0.000000707. The molecule has 0 radical (unpaired) electrons. The van der Waals surface area contributed by atoms with E-state index in [1.54, 1.807) is 0 Å². The first kappa shape index (κ1) is 35.3. The van der Waals surface area contributed by atoms with Crippen LogP contribution in [0.4, 0.5) is 0 Å². The van der Waals surface area contributed by atoms with Crippen molar-refractivity contribution >= 4 is 5.57 Å². The van der Waals surface area contributed by atoms with Gasteiger partial charge in [-0.3, -0.25) is 0 Å². The molecule has 234 valence electrons. The van der Waals surface area contributed by atoms with Gasteiger partial charge in [0.2, 0.25) is 0 Å². The lowest BCUT2D eigenvalue weighted by molar-refractivity contribution is 0.687. The van der Waals surface area contributed by atoms with E-state index in [0.717, 1.165) is 19.3 Å². The fourth-order valence-corrected chi connectivity index (χ4v) is 5.61. The third kappa shape index (κ3) is 11.1. The minimum atomic E-state index is 0.490. The fraction of sp³-hybridized carbons (Fsp3) is 0.289. The number of benzene rings is 4. The molecule has 0 bridgehead atoms. The van der Waals surface area contributed by atoms with Gasteiger partial charge in [-0.05, 0) is 115 Å². The number of aryl methyl sites for hydroxylation is 2. The molecule has 4 aromatic carbocycles. The van der Waals surface area contributed by atoms with Gasteiger partial charge in [0, 0.05) is 0 Å². The van der Waals surface area contributed by atoms with Crippen molar-refractivity contribution in [3.63, 3.8) is 0 Å². The average Bonchev–Trinajstić information content (AvgIpc) is 3.03. The third-order valence-electron chi connectivity index (χ3n) is 8.19. The van der Waals surface area contributed by atoms with Crippen LogP contribution >= 0.6 is 0 Å². The molecule has 0 saturated carbocycles. The minimum absolute atomic E-state index is 0.490. The summed E-state index contributed by atoms with van der Waals surface area (Å²) in [4.78, 5) is 0. The lowest BCUT2D eigenvalue weighted by Gasteiger charge is -2.18. The van der Waals surface area contributed by atoms with Crippen molar-refractivity contribution < 1.29 is 0 Å². The molecule has 0 amide bonds. The van der Waals surface area contributed by atoms with Crippen molar-refractivity contribution in [1.29, 1.82) is 0 Å². The largest absolute Gasteiger partial charge is 0.0877 e. The van der Waals surface area contributed by atoms with Crippen LogP contribution in [0, 0.1) is 26.7 Å². The molecule has 4 aromatic rings. The Morgan fingerprint density at radius 2 is 1.42 bits per heavy atom. The second-order valence-electron chi connectivity index (χ2n) is 12.4. The van der Waals surface area contributed by atoms with Gasteiger partial charge in [0.1, 0.15) is 0 Å². The Kier molecular flexibility index (Phi) is 14.6. The van der Waals surface area contributed by atoms with Crippen molar-refractivity contribution in [2.24, 2.45) is 5.92 Å². The van der Waals surface area contributed by atoms with Gasteiger partial charge in [0.25, 0.3) is 0 Å². The highest BCUT2D eigenvalue weighted by atomic mass is 14.2. The number of hydrogen-bond donors (Lipinski definition) is 0. The molecule has 0 spiro atoms. The van der Waals surface area contributed by atoms with E-state index >= 15 is 0 Å². The van der Waals surface area contributed by atoms with Gasteiger partial charge in [0.05, 0.1) is 0 Å². The maximum atomic E-state index is 2.44. The van der Waals surface area contributed by atoms with Gasteiger partial charge < -0.3 is 0 Å². The summed E-state index contributed by atoms with van der Waals surface area (Å²) in [6, 6.07) is 33.3. The molecule has 0 aromatic heterocycles. The number of allylic oxidation sites excluding steroid dienone is 8. The van der Waals surface area contributed by atoms with E-state index in [-0.39, 0.29) is 0 Å². The number of rotatable bonds is 11. The molecule has 0 saturated heterocycles. The summed E-state index contributed by atoms with van der Waals surface area (Å²) in [5.74, 6) is 1.01. The van der Waals surface area contributed by atoms with Crippen LogP contribution in [0.25, 0.3) is 27.8 Å². The topological polar surface area (TPSA) is 0 Å². The van der Waals surface area contributed by atoms with Gasteiger partial charge in [-0.25, -0.2) is 0 Å². The van der Waals surface area contributed by atoms with Crippen LogP contribution in [0.1, 0.15) is 87.6 Å². The van der Waals surface area contributed by atoms with Gasteiger partial charge in [-0.2, -0.15) is 0 Å². The molecule has 1 unspecified atom stereocenters. The van der Waals surface area contributed by atoms with Gasteiger partial charge in [-0.15, -0.1) is 0 Å². The van der Waals surface area contributed by atoms with Gasteiger partial charge in [-0.1, -0.05) is 161 Å². The lowest BCUT2D eigenvalue weighted by atomic mass is 9.87. The predicted octanol–water partition coefficient (Wildman–Crippen LogP) is 13.7. The number of hydrogen-bond acceptors (Lipinski definition) is 0. The molecule has 0 N–H and O–H groups in total. The Morgan fingerprint density at radius 1 is 0.733 bits per heavy atom. The van der Waals surface area contributed by atoms with E-state index in [1.165, 1.54) is 55.6 Å². The summed E-state index contributed by atoms with van der Waals surface area (Å²) in [5, 5.41) is 0. The summed E-state index contributed by atoms with van der Waals surface area (Å²) < 4.78 is 0. The molecule has 0 aliphatic heterocycles. The summed E-state index contributed by atoms with van der Waals surface area (Å²) in [6.45, 7) is 17.6. The van der Waals surface area contributed by atoms with Crippen LogP contribution in [0.3, 0.4) is 0 Å². The normalized spacial score (nSPS) is 12.7. The van der Waals surface area contributed by atoms with Crippen LogP contribution in [-0.2, 0) is 0 Å². The molecule has 0 heteroatoms. The maximum absolute atomic E-state index is 2.44. The highest BCUT2D eigenvalue weighted by Gasteiger charge is 2.13. The zero-order valence-electron chi connectivity index (χ0n) is 29.0. The van der Waals surface area contributed by atoms with E-state index in [1.807, 2.05) is 19.1 Å². The molecule has 0 heterocycles. The molecule has 1 atom stereocenters. The quantitative estimate of drug-likeness (QED) is 0.152. The van der Waals surface area contributed by atoms with Crippen molar-refractivity contribution in [1.82, 2.24) is 0 Å². The molecule has 0 aliphatic rings. The monoisotopic (exact) mass is 594 g/mol. The second kappa shape index (κ2) is 18.6. The Hall–Kier alpha value is -4.16. The van der Waals surface area contributed by atoms with E-state index in [0.29, 0.717) is 11.8 Å². The molecule has 0 fully saturated rings. The van der Waals surface area contributed by atoms with E-state index in [2.05, 4.69) is 170 Å². The highest BCUT2D eigenvalue weighted by molar-refractivity contribution is 5.78. The summed E-state index contributed by atoms with van der Waals surface area (Å²) in [7, 11) is 0. The summed E-state index contributed by atoms with van der Waals surface area (Å²) in [6.07, 6.45) is 18.6. The van der Waals surface area contributed by atoms with E-state index < -0.39 is 0 Å². The molecule has 0 nitrogen and oxygen atoms in total. The minimum Gasteiger partial charge on any atom is -0.0877 e. The van der Waals surface area contributed by atoms with Crippen molar-refractivity contribution in [3.8, 4) is 22.3 Å². The van der Waals surface area contributed by atoms with E-state index in [9.17, 15) is 0 Å². The Labute approximate surface area is 275 Å². The van der Waals surface area contributed by atoms with Crippen molar-refractivity contribution in [2.75, 3.05) is 0 Å².